The van der Waals surface area contributed by atoms with E-state index in [2.05, 4.69) is 16.7 Å². The van der Waals surface area contributed by atoms with Gasteiger partial charge in [-0.2, -0.15) is 0 Å². The Hall–Kier alpha value is -1.55. The van der Waals surface area contributed by atoms with Crippen molar-refractivity contribution >= 4 is 11.7 Å². The highest BCUT2D eigenvalue weighted by atomic mass is 16.3. The van der Waals surface area contributed by atoms with Crippen molar-refractivity contribution in [1.29, 1.82) is 0 Å². The van der Waals surface area contributed by atoms with Gasteiger partial charge >= 0.3 is 6.03 Å². The Balaban J connectivity index is 1.94. The minimum absolute atomic E-state index is 0.0950. The van der Waals surface area contributed by atoms with Gasteiger partial charge in [0.2, 0.25) is 0 Å². The van der Waals surface area contributed by atoms with Gasteiger partial charge in [-0.3, -0.25) is 0 Å². The van der Waals surface area contributed by atoms with Gasteiger partial charge in [0.1, 0.15) is 0 Å². The van der Waals surface area contributed by atoms with Crippen molar-refractivity contribution < 1.29 is 9.90 Å². The maximum atomic E-state index is 12.1. The number of aliphatic hydroxyl groups is 1. The number of hydrogen-bond acceptors (Lipinski definition) is 2. The highest BCUT2D eigenvalue weighted by molar-refractivity contribution is 5.90. The van der Waals surface area contributed by atoms with Gasteiger partial charge in [-0.15, -0.1) is 0 Å². The third-order valence-electron chi connectivity index (χ3n) is 4.16. The molecule has 116 valence electrons. The standard InChI is InChI=1S/C17H26N2O2/c1-17(2,10-11-20)12-18-16(21)19-15-9-5-7-13-6-3-4-8-14(13)15/h5,7,9,20H,3-4,6,8,10-12H2,1-2H3,(H2,18,19,21). The van der Waals surface area contributed by atoms with E-state index < -0.39 is 0 Å². The SMILES string of the molecule is CC(C)(CCO)CNC(=O)Nc1cccc2c1CCCC2. The second-order valence-corrected chi connectivity index (χ2v) is 6.60. The Morgan fingerprint density at radius 3 is 2.81 bits per heavy atom. The van der Waals surface area contributed by atoms with Crippen molar-refractivity contribution in [3.05, 3.63) is 29.3 Å². The monoisotopic (exact) mass is 290 g/mol. The van der Waals surface area contributed by atoms with Gasteiger partial charge in [-0.1, -0.05) is 26.0 Å². The molecule has 0 unspecified atom stereocenters. The molecule has 0 heterocycles. The molecule has 0 spiro atoms. The van der Waals surface area contributed by atoms with Crippen LogP contribution in [0.5, 0.6) is 0 Å². The molecule has 4 nitrogen and oxygen atoms in total. The van der Waals surface area contributed by atoms with Crippen molar-refractivity contribution in [3.63, 3.8) is 0 Å². The Labute approximate surface area is 126 Å². The topological polar surface area (TPSA) is 61.4 Å². The van der Waals surface area contributed by atoms with Crippen LogP contribution in [0, 0.1) is 5.41 Å². The molecule has 21 heavy (non-hydrogen) atoms. The van der Waals surface area contributed by atoms with Crippen LogP contribution in [-0.2, 0) is 12.8 Å². The number of carbonyl (C=O) groups excluding carboxylic acids is 1. The smallest absolute Gasteiger partial charge is 0.319 e. The molecule has 0 atom stereocenters. The Morgan fingerprint density at radius 1 is 1.29 bits per heavy atom. The van der Waals surface area contributed by atoms with Gasteiger partial charge in [0.25, 0.3) is 0 Å². The molecular formula is C17H26N2O2. The summed E-state index contributed by atoms with van der Waals surface area (Å²) >= 11 is 0. The first-order valence-corrected chi connectivity index (χ1v) is 7.78. The van der Waals surface area contributed by atoms with E-state index >= 15 is 0 Å². The van der Waals surface area contributed by atoms with Crippen molar-refractivity contribution in [3.8, 4) is 0 Å². The maximum absolute atomic E-state index is 12.1. The summed E-state index contributed by atoms with van der Waals surface area (Å²) in [6, 6.07) is 5.97. The molecular weight excluding hydrogens is 264 g/mol. The van der Waals surface area contributed by atoms with E-state index in [9.17, 15) is 4.79 Å². The fraction of sp³-hybridized carbons (Fsp3) is 0.588. The first kappa shape index (κ1) is 15.8. The van der Waals surface area contributed by atoms with E-state index in [0.29, 0.717) is 13.0 Å². The summed E-state index contributed by atoms with van der Waals surface area (Å²) in [4.78, 5) is 12.1. The maximum Gasteiger partial charge on any atom is 0.319 e. The zero-order valence-electron chi connectivity index (χ0n) is 13.0. The number of aliphatic hydroxyl groups excluding tert-OH is 1. The third-order valence-corrected chi connectivity index (χ3v) is 4.16. The second-order valence-electron chi connectivity index (χ2n) is 6.60. The predicted molar refractivity (Wildman–Crippen MR) is 85.6 cm³/mol. The van der Waals surface area contributed by atoms with Crippen LogP contribution in [0.1, 0.15) is 44.2 Å². The van der Waals surface area contributed by atoms with E-state index in [1.807, 2.05) is 26.0 Å². The van der Waals surface area contributed by atoms with E-state index in [1.165, 1.54) is 24.0 Å². The fourth-order valence-electron chi connectivity index (χ4n) is 2.78. The van der Waals surface area contributed by atoms with Crippen molar-refractivity contribution in [2.24, 2.45) is 5.41 Å². The molecule has 0 saturated heterocycles. The van der Waals surface area contributed by atoms with Crippen LogP contribution in [0.25, 0.3) is 0 Å². The molecule has 1 aliphatic carbocycles. The first-order valence-electron chi connectivity index (χ1n) is 7.78. The zero-order valence-corrected chi connectivity index (χ0v) is 13.0. The Morgan fingerprint density at radius 2 is 2.05 bits per heavy atom. The number of hydrogen-bond donors (Lipinski definition) is 3. The molecule has 0 fully saturated rings. The number of benzene rings is 1. The molecule has 0 radical (unpaired) electrons. The van der Waals surface area contributed by atoms with Gasteiger partial charge < -0.3 is 15.7 Å². The fourth-order valence-corrected chi connectivity index (χ4v) is 2.78. The van der Waals surface area contributed by atoms with Crippen LogP contribution in [0.2, 0.25) is 0 Å². The van der Waals surface area contributed by atoms with Crippen molar-refractivity contribution in [1.82, 2.24) is 5.32 Å². The van der Waals surface area contributed by atoms with Gasteiger partial charge in [-0.25, -0.2) is 4.79 Å². The lowest BCUT2D eigenvalue weighted by Gasteiger charge is -2.24. The minimum atomic E-state index is -0.167. The summed E-state index contributed by atoms with van der Waals surface area (Å²) < 4.78 is 0. The van der Waals surface area contributed by atoms with Gasteiger partial charge in [0, 0.05) is 18.8 Å². The molecule has 1 aliphatic rings. The number of urea groups is 1. The molecule has 0 saturated carbocycles. The van der Waals surface area contributed by atoms with Crippen LogP contribution in [0.4, 0.5) is 10.5 Å². The van der Waals surface area contributed by atoms with E-state index in [1.54, 1.807) is 0 Å². The van der Waals surface area contributed by atoms with E-state index in [-0.39, 0.29) is 18.1 Å². The zero-order chi connectivity index (χ0) is 15.3. The molecule has 3 N–H and O–H groups in total. The molecule has 1 aromatic carbocycles. The summed E-state index contributed by atoms with van der Waals surface area (Å²) in [6.07, 6.45) is 5.25. The van der Waals surface area contributed by atoms with Gasteiger partial charge in [0.15, 0.2) is 0 Å². The predicted octanol–water partition coefficient (Wildman–Crippen LogP) is 3.10. The summed E-state index contributed by atoms with van der Waals surface area (Å²) in [5, 5.41) is 14.9. The normalized spacial score (nSPS) is 14.4. The molecule has 1 aromatic rings. The second kappa shape index (κ2) is 6.94. The lowest BCUT2D eigenvalue weighted by Crippen LogP contribution is -2.37. The van der Waals surface area contributed by atoms with Crippen molar-refractivity contribution in [2.45, 2.75) is 46.0 Å². The van der Waals surface area contributed by atoms with Gasteiger partial charge in [0.05, 0.1) is 0 Å². The van der Waals surface area contributed by atoms with Crippen LogP contribution in [-0.4, -0.2) is 24.3 Å². The lowest BCUT2D eigenvalue weighted by atomic mass is 9.90. The molecule has 0 aliphatic heterocycles. The molecule has 4 heteroatoms. The molecule has 0 bridgehead atoms. The molecule has 0 aromatic heterocycles. The van der Waals surface area contributed by atoms with Crippen LogP contribution < -0.4 is 10.6 Å². The Kier molecular flexibility index (Phi) is 5.23. The van der Waals surface area contributed by atoms with E-state index in [4.69, 9.17) is 5.11 Å². The number of rotatable bonds is 5. The summed E-state index contributed by atoms with van der Waals surface area (Å²) in [7, 11) is 0. The van der Waals surface area contributed by atoms with Gasteiger partial charge in [-0.05, 0) is 54.7 Å². The Bertz CT molecular complexity index is 498. The number of aryl methyl sites for hydroxylation is 1. The first-order chi connectivity index (χ1) is 10.0. The number of carbonyl (C=O) groups is 1. The van der Waals surface area contributed by atoms with E-state index in [0.717, 1.165) is 18.5 Å². The third kappa shape index (κ3) is 4.46. The highest BCUT2D eigenvalue weighted by Gasteiger charge is 2.19. The van der Waals surface area contributed by atoms with Crippen molar-refractivity contribution in [2.75, 3.05) is 18.5 Å². The molecule has 2 amide bonds. The summed E-state index contributed by atoms with van der Waals surface area (Å²) in [5.74, 6) is 0. The van der Waals surface area contributed by atoms with Crippen LogP contribution in [0.15, 0.2) is 18.2 Å². The number of fused-ring (bicyclic) bond motifs is 1. The number of anilines is 1. The van der Waals surface area contributed by atoms with Crippen LogP contribution in [0.3, 0.4) is 0 Å². The molecule has 2 rings (SSSR count). The minimum Gasteiger partial charge on any atom is -0.396 e. The largest absolute Gasteiger partial charge is 0.396 e. The average Bonchev–Trinajstić information content (AvgIpc) is 2.46. The average molecular weight is 290 g/mol. The van der Waals surface area contributed by atoms with Crippen LogP contribution >= 0.6 is 0 Å². The summed E-state index contributed by atoms with van der Waals surface area (Å²) in [6.45, 7) is 4.76. The number of nitrogens with one attached hydrogen (secondary N) is 2. The highest BCUT2D eigenvalue weighted by Crippen LogP contribution is 2.27. The number of amides is 2. The lowest BCUT2D eigenvalue weighted by molar-refractivity contribution is 0.204. The summed E-state index contributed by atoms with van der Waals surface area (Å²) in [5.41, 5.74) is 3.49. The quantitative estimate of drug-likeness (QED) is 0.780.